The molecule has 1 aromatic heterocycles. The van der Waals surface area contributed by atoms with Gasteiger partial charge in [-0.3, -0.25) is 14.9 Å². The van der Waals surface area contributed by atoms with E-state index < -0.39 is 16.7 Å². The van der Waals surface area contributed by atoms with Crippen molar-refractivity contribution in [3.8, 4) is 0 Å². The fourth-order valence-electron chi connectivity index (χ4n) is 2.49. The maximum Gasteiger partial charge on any atom is 0.340 e. The first-order valence-electron chi connectivity index (χ1n) is 7.10. The maximum atomic E-state index is 12.5. The molecule has 0 radical (unpaired) electrons. The number of nitro groups is 1. The first-order chi connectivity index (χ1) is 11.4. The van der Waals surface area contributed by atoms with Crippen molar-refractivity contribution in [2.75, 3.05) is 7.11 Å². The van der Waals surface area contributed by atoms with E-state index in [0.717, 1.165) is 0 Å². The number of para-hydroxylation sites is 1. The van der Waals surface area contributed by atoms with Gasteiger partial charge in [-0.05, 0) is 32.1 Å². The summed E-state index contributed by atoms with van der Waals surface area (Å²) in [5, 5.41) is 11.0. The Morgan fingerprint density at radius 2 is 1.79 bits per heavy atom. The molecule has 7 nitrogen and oxygen atoms in total. The molecule has 24 heavy (non-hydrogen) atoms. The molecule has 1 heterocycles. The Morgan fingerprint density at radius 1 is 1.17 bits per heavy atom. The first kappa shape index (κ1) is 17.1. The van der Waals surface area contributed by atoms with Gasteiger partial charge in [0.15, 0.2) is 5.78 Å². The maximum absolute atomic E-state index is 12.5. The van der Waals surface area contributed by atoms with Gasteiger partial charge in [0.25, 0.3) is 5.69 Å². The van der Waals surface area contributed by atoms with Crippen LogP contribution in [0.25, 0.3) is 6.08 Å². The zero-order chi connectivity index (χ0) is 17.9. The molecule has 0 atom stereocenters. The molecule has 1 N–H and O–H groups in total. The number of H-pyrrole nitrogens is 1. The number of aromatic amines is 1. The molecule has 7 heteroatoms. The fraction of sp³-hybridized carbons (Fsp3) is 0.176. The molecule has 124 valence electrons. The van der Waals surface area contributed by atoms with Gasteiger partial charge in [-0.1, -0.05) is 12.1 Å². The number of carbonyl (C=O) groups excluding carboxylic acids is 2. The number of hydrogen-bond acceptors (Lipinski definition) is 5. The molecule has 0 aliphatic rings. The second kappa shape index (κ2) is 6.91. The van der Waals surface area contributed by atoms with Crippen LogP contribution in [-0.4, -0.2) is 28.8 Å². The van der Waals surface area contributed by atoms with Gasteiger partial charge in [-0.15, -0.1) is 0 Å². The lowest BCUT2D eigenvalue weighted by atomic mass is 10.0. The van der Waals surface area contributed by atoms with Crippen molar-refractivity contribution in [2.24, 2.45) is 0 Å². The number of ketones is 1. The summed E-state index contributed by atoms with van der Waals surface area (Å²) < 4.78 is 4.71. The second-order valence-electron chi connectivity index (χ2n) is 5.13. The van der Waals surface area contributed by atoms with E-state index in [2.05, 4.69) is 4.98 Å². The minimum atomic E-state index is -0.612. The predicted molar refractivity (Wildman–Crippen MR) is 88.1 cm³/mol. The summed E-state index contributed by atoms with van der Waals surface area (Å²) in [7, 11) is 1.24. The molecular formula is C17H16N2O5. The van der Waals surface area contributed by atoms with Crippen LogP contribution in [-0.2, 0) is 4.74 Å². The molecule has 0 aliphatic carbocycles. The van der Waals surface area contributed by atoms with Crippen LogP contribution in [0.3, 0.4) is 0 Å². The van der Waals surface area contributed by atoms with Crippen LogP contribution in [0.2, 0.25) is 0 Å². The molecule has 0 unspecified atom stereocenters. The molecule has 1 aromatic carbocycles. The number of benzene rings is 1. The monoisotopic (exact) mass is 328 g/mol. The summed E-state index contributed by atoms with van der Waals surface area (Å²) in [5.41, 5.74) is 1.64. The molecular weight excluding hydrogens is 312 g/mol. The Kier molecular flexibility index (Phi) is 4.93. The third kappa shape index (κ3) is 3.24. The standard InChI is InChI=1S/C17H16N2O5/c1-10-15(16(11(2)18-10)17(21)24-3)14(20)9-8-12-6-4-5-7-13(12)19(22)23/h4-9,18H,1-3H3. The van der Waals surface area contributed by atoms with Crippen LogP contribution >= 0.6 is 0 Å². The fourth-order valence-corrected chi connectivity index (χ4v) is 2.49. The Balaban J connectivity index is 2.42. The van der Waals surface area contributed by atoms with Gasteiger partial charge in [-0.25, -0.2) is 4.79 Å². The van der Waals surface area contributed by atoms with Crippen LogP contribution in [0.1, 0.15) is 37.7 Å². The number of carbonyl (C=O) groups is 2. The zero-order valence-corrected chi connectivity index (χ0v) is 13.5. The third-order valence-corrected chi connectivity index (χ3v) is 3.56. The molecule has 0 fully saturated rings. The van der Waals surface area contributed by atoms with E-state index >= 15 is 0 Å². The highest BCUT2D eigenvalue weighted by Gasteiger charge is 2.23. The molecule has 2 aromatic rings. The Hall–Kier alpha value is -3.22. The van der Waals surface area contributed by atoms with E-state index in [1.807, 2.05) is 0 Å². The molecule has 0 saturated carbocycles. The van der Waals surface area contributed by atoms with Crippen LogP contribution < -0.4 is 0 Å². The van der Waals surface area contributed by atoms with Crippen molar-refractivity contribution in [3.63, 3.8) is 0 Å². The van der Waals surface area contributed by atoms with Crippen molar-refractivity contribution in [1.82, 2.24) is 4.98 Å². The topological polar surface area (TPSA) is 102 Å². The van der Waals surface area contributed by atoms with E-state index in [9.17, 15) is 19.7 Å². The van der Waals surface area contributed by atoms with Crippen LogP contribution in [0.15, 0.2) is 30.3 Å². The summed E-state index contributed by atoms with van der Waals surface area (Å²) in [6.07, 6.45) is 2.58. The van der Waals surface area contributed by atoms with Crippen molar-refractivity contribution < 1.29 is 19.2 Å². The largest absolute Gasteiger partial charge is 0.465 e. The number of methoxy groups -OCH3 is 1. The number of rotatable bonds is 5. The van der Waals surface area contributed by atoms with E-state index in [0.29, 0.717) is 17.0 Å². The van der Waals surface area contributed by atoms with E-state index in [1.165, 1.54) is 25.3 Å². The van der Waals surface area contributed by atoms with Crippen LogP contribution in [0.4, 0.5) is 5.69 Å². The summed E-state index contributed by atoms with van der Waals surface area (Å²) in [5.74, 6) is -1.05. The first-order valence-corrected chi connectivity index (χ1v) is 7.10. The zero-order valence-electron chi connectivity index (χ0n) is 13.5. The highest BCUT2D eigenvalue weighted by Crippen LogP contribution is 2.22. The Bertz CT molecular complexity index is 849. The number of hydrogen-bond donors (Lipinski definition) is 1. The third-order valence-electron chi connectivity index (χ3n) is 3.56. The summed E-state index contributed by atoms with van der Waals surface area (Å²) >= 11 is 0. The molecule has 0 amide bonds. The molecule has 0 spiro atoms. The lowest BCUT2D eigenvalue weighted by molar-refractivity contribution is -0.385. The summed E-state index contributed by atoms with van der Waals surface area (Å²) in [6, 6.07) is 6.09. The Labute approximate surface area is 138 Å². The Morgan fingerprint density at radius 3 is 2.42 bits per heavy atom. The smallest absolute Gasteiger partial charge is 0.340 e. The number of nitrogens with zero attached hydrogens (tertiary/aromatic N) is 1. The van der Waals surface area contributed by atoms with Crippen molar-refractivity contribution in [3.05, 3.63) is 68.5 Å². The van der Waals surface area contributed by atoms with E-state index in [4.69, 9.17) is 4.74 Å². The van der Waals surface area contributed by atoms with Gasteiger partial charge < -0.3 is 9.72 Å². The predicted octanol–water partition coefficient (Wildman–Crippen LogP) is 3.22. The average Bonchev–Trinajstić information content (AvgIpc) is 2.86. The van der Waals surface area contributed by atoms with Gasteiger partial charge >= 0.3 is 5.97 Å². The minimum absolute atomic E-state index is 0.100. The van der Waals surface area contributed by atoms with Crippen LogP contribution in [0.5, 0.6) is 0 Å². The number of nitrogens with one attached hydrogen (secondary N) is 1. The SMILES string of the molecule is COC(=O)c1c(C)[nH]c(C)c1C(=O)C=Cc1ccccc1[N+](=O)[O-]. The highest BCUT2D eigenvalue weighted by atomic mass is 16.6. The number of ether oxygens (including phenoxy) is 1. The lowest BCUT2D eigenvalue weighted by Gasteiger charge is -2.02. The van der Waals surface area contributed by atoms with Gasteiger partial charge in [0.05, 0.1) is 28.7 Å². The number of nitro benzene ring substituents is 1. The second-order valence-corrected chi connectivity index (χ2v) is 5.13. The van der Waals surface area contributed by atoms with Gasteiger partial charge in [0, 0.05) is 17.5 Å². The highest BCUT2D eigenvalue weighted by molar-refractivity contribution is 6.14. The van der Waals surface area contributed by atoms with E-state index in [-0.39, 0.29) is 16.8 Å². The van der Waals surface area contributed by atoms with Crippen LogP contribution in [0, 0.1) is 24.0 Å². The van der Waals surface area contributed by atoms with E-state index in [1.54, 1.807) is 32.0 Å². The van der Waals surface area contributed by atoms with Gasteiger partial charge in [0.2, 0.25) is 0 Å². The average molecular weight is 328 g/mol. The summed E-state index contributed by atoms with van der Waals surface area (Å²) in [4.78, 5) is 37.8. The lowest BCUT2D eigenvalue weighted by Crippen LogP contribution is -2.08. The number of esters is 1. The van der Waals surface area contributed by atoms with Gasteiger partial charge in [0.1, 0.15) is 0 Å². The molecule has 0 bridgehead atoms. The molecule has 2 rings (SSSR count). The van der Waals surface area contributed by atoms with Gasteiger partial charge in [-0.2, -0.15) is 0 Å². The number of allylic oxidation sites excluding steroid dienone is 1. The number of aromatic nitrogens is 1. The number of aryl methyl sites for hydroxylation is 2. The minimum Gasteiger partial charge on any atom is -0.465 e. The molecule has 0 saturated heterocycles. The molecule has 0 aliphatic heterocycles. The quantitative estimate of drug-likeness (QED) is 0.298. The van der Waals surface area contributed by atoms with Crippen molar-refractivity contribution in [1.29, 1.82) is 0 Å². The normalized spacial score (nSPS) is 10.8. The van der Waals surface area contributed by atoms with Crippen molar-refractivity contribution in [2.45, 2.75) is 13.8 Å². The summed E-state index contributed by atoms with van der Waals surface area (Å²) in [6.45, 7) is 3.34. The van der Waals surface area contributed by atoms with Crippen molar-refractivity contribution >= 4 is 23.5 Å².